The molecule has 0 saturated carbocycles. The van der Waals surface area contributed by atoms with Crippen LogP contribution in [-0.2, 0) is 6.54 Å². The van der Waals surface area contributed by atoms with Crippen molar-refractivity contribution in [1.82, 2.24) is 19.5 Å². The third-order valence-electron chi connectivity index (χ3n) is 4.34. The number of nitrogens with one attached hydrogen (secondary N) is 1. The summed E-state index contributed by atoms with van der Waals surface area (Å²) in [6, 6.07) is 3.18. The summed E-state index contributed by atoms with van der Waals surface area (Å²) in [7, 11) is 0. The minimum absolute atomic E-state index is 0.107. The number of aliphatic hydroxyl groups is 4. The molecule has 144 valence electrons. The minimum Gasteiger partial charge on any atom is -0.398 e. The predicted octanol–water partition coefficient (Wildman–Crippen LogP) is -2.45. The van der Waals surface area contributed by atoms with Gasteiger partial charge in [-0.25, -0.2) is 9.78 Å². The van der Waals surface area contributed by atoms with Crippen LogP contribution in [0, 0.1) is 6.92 Å². The summed E-state index contributed by atoms with van der Waals surface area (Å²) in [4.78, 5) is 33.8. The van der Waals surface area contributed by atoms with Crippen LogP contribution in [0.4, 0.5) is 5.69 Å². The molecule has 0 aromatic heterocycles. The second-order valence-electron chi connectivity index (χ2n) is 6.27. The molecule has 0 amide bonds. The third kappa shape index (κ3) is 3.40. The molecule has 2 aliphatic rings. The first kappa shape index (κ1) is 18.9. The molecule has 1 aromatic carbocycles. The lowest BCUT2D eigenvalue weighted by atomic mass is 10.1. The number of rotatable bonds is 5. The van der Waals surface area contributed by atoms with Gasteiger partial charge in [0.05, 0.1) is 24.2 Å². The standard InChI is InChI=1S/C16H19N5O6/c1-6-2-8-9(3-7(6)17)21(4-10(23)13(25)11(24)5-22)14-12(18-8)15(26)20-16(27)19-14/h2-3,10-11,13,22-25H,4-5,17H2,1H3,(H,20,26,27)/t10-,11+,13-/m1/s1. The highest BCUT2D eigenvalue weighted by Gasteiger charge is 2.27. The molecule has 11 nitrogen and oxygen atoms in total. The van der Waals surface area contributed by atoms with Crippen molar-refractivity contribution in [2.75, 3.05) is 12.3 Å². The normalized spacial score (nSPS) is 15.1. The van der Waals surface area contributed by atoms with Crippen LogP contribution in [0.2, 0.25) is 0 Å². The highest BCUT2D eigenvalue weighted by atomic mass is 16.4. The van der Waals surface area contributed by atoms with E-state index in [1.165, 1.54) is 4.57 Å². The number of aromatic nitrogens is 4. The maximum Gasteiger partial charge on any atom is 0.349 e. The first-order valence-electron chi connectivity index (χ1n) is 8.08. The van der Waals surface area contributed by atoms with Gasteiger partial charge in [-0.05, 0) is 24.6 Å². The Morgan fingerprint density at radius 3 is 2.56 bits per heavy atom. The molecule has 0 radical (unpaired) electrons. The number of hydrogen-bond acceptors (Lipinski definition) is 9. The van der Waals surface area contributed by atoms with Gasteiger partial charge in [-0.2, -0.15) is 4.98 Å². The van der Waals surface area contributed by atoms with Gasteiger partial charge in [-0.1, -0.05) is 0 Å². The fourth-order valence-electron chi connectivity index (χ4n) is 2.81. The van der Waals surface area contributed by atoms with E-state index in [1.54, 1.807) is 19.1 Å². The molecule has 11 heteroatoms. The fraction of sp³-hybridized carbons (Fsp3) is 0.375. The van der Waals surface area contributed by atoms with Gasteiger partial charge in [0.2, 0.25) is 0 Å². The van der Waals surface area contributed by atoms with Crippen LogP contribution in [0.25, 0.3) is 22.6 Å². The summed E-state index contributed by atoms with van der Waals surface area (Å²) in [5, 5.41) is 38.7. The zero-order valence-electron chi connectivity index (χ0n) is 14.3. The number of benzene rings is 1. The molecular weight excluding hydrogens is 358 g/mol. The Bertz CT molecular complexity index is 1080. The van der Waals surface area contributed by atoms with Crippen molar-refractivity contribution in [2.24, 2.45) is 0 Å². The monoisotopic (exact) mass is 377 g/mol. The smallest absolute Gasteiger partial charge is 0.349 e. The van der Waals surface area contributed by atoms with E-state index < -0.39 is 36.2 Å². The number of aliphatic hydroxyl groups excluding tert-OH is 4. The van der Waals surface area contributed by atoms with E-state index in [9.17, 15) is 24.9 Å². The molecule has 7 N–H and O–H groups in total. The van der Waals surface area contributed by atoms with Crippen LogP contribution >= 0.6 is 0 Å². The minimum atomic E-state index is -1.67. The van der Waals surface area contributed by atoms with Crippen LogP contribution in [0.15, 0.2) is 21.7 Å². The van der Waals surface area contributed by atoms with Gasteiger partial charge in [0.25, 0.3) is 5.56 Å². The highest BCUT2D eigenvalue weighted by Crippen LogP contribution is 2.25. The quantitative estimate of drug-likeness (QED) is 0.207. The summed E-state index contributed by atoms with van der Waals surface area (Å²) in [5.41, 5.74) is 6.02. The van der Waals surface area contributed by atoms with Gasteiger partial charge < -0.3 is 30.7 Å². The van der Waals surface area contributed by atoms with Crippen molar-refractivity contribution in [1.29, 1.82) is 0 Å². The number of aromatic amines is 1. The molecule has 0 bridgehead atoms. The van der Waals surface area contributed by atoms with E-state index in [2.05, 4.69) is 9.97 Å². The maximum atomic E-state index is 12.1. The number of fused-ring (bicyclic) bond motifs is 2. The molecule has 0 aliphatic carbocycles. The number of aryl methyl sites for hydroxylation is 1. The number of nitrogens with zero attached hydrogens (tertiary/aromatic N) is 3. The second-order valence-corrected chi connectivity index (χ2v) is 6.27. The Labute approximate surface area is 151 Å². The van der Waals surface area contributed by atoms with Crippen molar-refractivity contribution in [3.63, 3.8) is 0 Å². The summed E-state index contributed by atoms with van der Waals surface area (Å²) in [5.74, 6) is -0.107. The topological polar surface area (TPSA) is 188 Å². The Kier molecular flexibility index (Phi) is 4.93. The average Bonchev–Trinajstić information content (AvgIpc) is 2.62. The van der Waals surface area contributed by atoms with Crippen LogP contribution in [0.1, 0.15) is 5.56 Å². The lowest BCUT2D eigenvalue weighted by Gasteiger charge is -2.25. The zero-order chi connectivity index (χ0) is 19.9. The zero-order valence-corrected chi connectivity index (χ0v) is 14.3. The molecule has 0 fully saturated rings. The number of anilines is 1. The lowest BCUT2D eigenvalue weighted by Crippen LogP contribution is -2.42. The number of nitrogens with two attached hydrogens (primary N) is 1. The first-order valence-corrected chi connectivity index (χ1v) is 8.08. The molecule has 2 heterocycles. The van der Waals surface area contributed by atoms with Gasteiger partial charge in [0, 0.05) is 5.69 Å². The van der Waals surface area contributed by atoms with Crippen LogP contribution in [-0.4, -0.2) is 64.9 Å². The van der Waals surface area contributed by atoms with E-state index in [0.717, 1.165) is 0 Å². The van der Waals surface area contributed by atoms with E-state index in [0.29, 0.717) is 22.3 Å². The van der Waals surface area contributed by atoms with Crippen molar-refractivity contribution in [3.8, 4) is 11.5 Å². The molecule has 0 spiro atoms. The van der Waals surface area contributed by atoms with E-state index in [-0.39, 0.29) is 18.1 Å². The number of nitrogen functional groups attached to an aromatic ring is 1. The van der Waals surface area contributed by atoms with E-state index in [4.69, 9.17) is 10.8 Å². The predicted molar refractivity (Wildman–Crippen MR) is 95.3 cm³/mol. The summed E-state index contributed by atoms with van der Waals surface area (Å²) in [6.07, 6.45) is -4.78. The molecule has 3 rings (SSSR count). The van der Waals surface area contributed by atoms with Gasteiger partial charge in [0.1, 0.15) is 18.3 Å². The third-order valence-corrected chi connectivity index (χ3v) is 4.34. The van der Waals surface area contributed by atoms with E-state index in [1.807, 2.05) is 4.98 Å². The summed E-state index contributed by atoms with van der Waals surface area (Å²) < 4.78 is 1.32. The molecule has 2 aliphatic heterocycles. The second kappa shape index (κ2) is 7.04. The first-order chi connectivity index (χ1) is 12.7. The van der Waals surface area contributed by atoms with Crippen LogP contribution in [0.5, 0.6) is 0 Å². The molecular formula is C16H19N5O6. The Hall–Kier alpha value is -2.86. The molecule has 1 aromatic rings. The van der Waals surface area contributed by atoms with Crippen molar-refractivity contribution < 1.29 is 20.4 Å². The van der Waals surface area contributed by atoms with Crippen LogP contribution in [0.3, 0.4) is 0 Å². The van der Waals surface area contributed by atoms with Gasteiger partial charge in [-0.15, -0.1) is 0 Å². The van der Waals surface area contributed by atoms with Crippen LogP contribution < -0.4 is 17.0 Å². The molecule has 3 atom stereocenters. The molecule has 27 heavy (non-hydrogen) atoms. The van der Waals surface area contributed by atoms with Gasteiger partial charge in [0.15, 0.2) is 11.5 Å². The molecule has 0 saturated heterocycles. The average molecular weight is 377 g/mol. The fourth-order valence-corrected chi connectivity index (χ4v) is 2.81. The molecule has 0 unspecified atom stereocenters. The summed E-state index contributed by atoms with van der Waals surface area (Å²) in [6.45, 7) is 0.659. The Morgan fingerprint density at radius 2 is 1.89 bits per heavy atom. The van der Waals surface area contributed by atoms with Crippen molar-refractivity contribution in [3.05, 3.63) is 38.5 Å². The SMILES string of the molecule is Cc1cc2nc3c(=O)[nH]c(=O)nc-3n(C[C@@H](O)[C@@H](O)[C@@H](O)CO)c2cc1N. The van der Waals surface area contributed by atoms with Crippen molar-refractivity contribution >= 4 is 16.7 Å². The Balaban J connectivity index is 2.28. The maximum absolute atomic E-state index is 12.1. The van der Waals surface area contributed by atoms with Gasteiger partial charge in [-0.3, -0.25) is 9.78 Å². The highest BCUT2D eigenvalue weighted by molar-refractivity contribution is 5.83. The van der Waals surface area contributed by atoms with Gasteiger partial charge >= 0.3 is 5.69 Å². The number of H-pyrrole nitrogens is 1. The lowest BCUT2D eigenvalue weighted by molar-refractivity contribution is -0.0802. The summed E-state index contributed by atoms with van der Waals surface area (Å²) >= 11 is 0. The largest absolute Gasteiger partial charge is 0.398 e. The Morgan fingerprint density at radius 1 is 1.19 bits per heavy atom. The number of hydrogen-bond donors (Lipinski definition) is 6. The van der Waals surface area contributed by atoms with Crippen molar-refractivity contribution in [2.45, 2.75) is 31.8 Å². The van der Waals surface area contributed by atoms with E-state index >= 15 is 0 Å².